The minimum Gasteiger partial charge on any atom is -0.484 e. The number of aryl methyl sites for hydroxylation is 1. The molecule has 0 radical (unpaired) electrons. The molecule has 2 aromatic heterocycles. The van der Waals surface area contributed by atoms with Gasteiger partial charge < -0.3 is 14.5 Å². The number of halogens is 3. The maximum Gasteiger partial charge on any atom is 0.291 e. The van der Waals surface area contributed by atoms with Crippen molar-refractivity contribution in [2.24, 2.45) is 0 Å². The third-order valence-corrected chi connectivity index (χ3v) is 6.40. The van der Waals surface area contributed by atoms with Gasteiger partial charge in [-0.05, 0) is 77.8 Å². The molecule has 4 aromatic rings. The number of furan rings is 1. The maximum atomic E-state index is 13.1. The summed E-state index contributed by atoms with van der Waals surface area (Å²) in [5.74, 6) is 0.0752. The standard InChI is InChI=1S/C24H20BrClFN3O3/c1-14-23(25)15(2)30(29-14)12-16-4-3-5-18(10-16)28-24(31)22-9-7-19(33-22)13-32-21-8-6-17(27)11-20(21)26/h3-11H,12-13H2,1-2H3,(H,28,31). The summed E-state index contributed by atoms with van der Waals surface area (Å²) in [5.41, 5.74) is 3.60. The van der Waals surface area contributed by atoms with Crippen LogP contribution in [0.15, 0.2) is 63.5 Å². The number of carbonyl (C=O) groups excluding carboxylic acids is 1. The monoisotopic (exact) mass is 531 g/mol. The Hall–Kier alpha value is -3.10. The molecule has 0 aliphatic rings. The average molecular weight is 533 g/mol. The first-order valence-electron chi connectivity index (χ1n) is 10.1. The van der Waals surface area contributed by atoms with Gasteiger partial charge in [-0.3, -0.25) is 9.48 Å². The minimum atomic E-state index is -0.448. The van der Waals surface area contributed by atoms with E-state index >= 15 is 0 Å². The number of hydrogen-bond donors (Lipinski definition) is 1. The first-order chi connectivity index (χ1) is 15.8. The molecular formula is C24H20BrClFN3O3. The van der Waals surface area contributed by atoms with E-state index in [0.717, 1.165) is 21.4 Å². The zero-order valence-electron chi connectivity index (χ0n) is 17.9. The van der Waals surface area contributed by atoms with E-state index < -0.39 is 5.82 Å². The van der Waals surface area contributed by atoms with Gasteiger partial charge in [0, 0.05) is 5.69 Å². The number of carbonyl (C=O) groups is 1. The van der Waals surface area contributed by atoms with Crippen LogP contribution < -0.4 is 10.1 Å². The van der Waals surface area contributed by atoms with Gasteiger partial charge in [-0.25, -0.2) is 4.39 Å². The van der Waals surface area contributed by atoms with Crippen LogP contribution in [-0.4, -0.2) is 15.7 Å². The Bertz CT molecular complexity index is 1320. The largest absolute Gasteiger partial charge is 0.484 e. The van der Waals surface area contributed by atoms with Crippen LogP contribution in [0.4, 0.5) is 10.1 Å². The highest BCUT2D eigenvalue weighted by Crippen LogP contribution is 2.26. The van der Waals surface area contributed by atoms with Gasteiger partial charge in [-0.15, -0.1) is 0 Å². The smallest absolute Gasteiger partial charge is 0.291 e. The number of amides is 1. The molecule has 0 aliphatic heterocycles. The summed E-state index contributed by atoms with van der Waals surface area (Å²) in [7, 11) is 0. The second kappa shape index (κ2) is 9.80. The molecule has 2 aromatic carbocycles. The summed E-state index contributed by atoms with van der Waals surface area (Å²) < 4.78 is 27.2. The second-order valence-corrected chi connectivity index (χ2v) is 8.63. The van der Waals surface area contributed by atoms with Gasteiger partial charge >= 0.3 is 0 Å². The normalized spacial score (nSPS) is 10.9. The average Bonchev–Trinajstić information content (AvgIpc) is 3.34. The third kappa shape index (κ3) is 5.46. The minimum absolute atomic E-state index is 0.0479. The molecule has 2 heterocycles. The van der Waals surface area contributed by atoms with Crippen LogP contribution in [-0.2, 0) is 13.2 Å². The Morgan fingerprint density at radius 3 is 2.76 bits per heavy atom. The predicted octanol–water partition coefficient (Wildman–Crippen LogP) is 6.53. The fourth-order valence-electron chi connectivity index (χ4n) is 3.26. The van der Waals surface area contributed by atoms with Gasteiger partial charge in [-0.2, -0.15) is 5.10 Å². The molecule has 0 saturated carbocycles. The number of benzene rings is 2. The number of aromatic nitrogens is 2. The van der Waals surface area contributed by atoms with E-state index in [9.17, 15) is 9.18 Å². The van der Waals surface area contributed by atoms with E-state index in [1.165, 1.54) is 18.2 Å². The van der Waals surface area contributed by atoms with Gasteiger partial charge in [0.25, 0.3) is 5.91 Å². The Kier molecular flexibility index (Phi) is 6.85. The highest BCUT2D eigenvalue weighted by molar-refractivity contribution is 9.10. The number of nitrogens with one attached hydrogen (secondary N) is 1. The quantitative estimate of drug-likeness (QED) is 0.294. The summed E-state index contributed by atoms with van der Waals surface area (Å²) in [6.45, 7) is 4.57. The lowest BCUT2D eigenvalue weighted by Crippen LogP contribution is -2.11. The van der Waals surface area contributed by atoms with Crippen molar-refractivity contribution < 1.29 is 18.3 Å². The number of ether oxygens (including phenoxy) is 1. The number of nitrogens with zero attached hydrogens (tertiary/aromatic N) is 2. The Balaban J connectivity index is 1.39. The van der Waals surface area contributed by atoms with Crippen LogP contribution in [0.25, 0.3) is 0 Å². The van der Waals surface area contributed by atoms with E-state index in [0.29, 0.717) is 23.7 Å². The van der Waals surface area contributed by atoms with Crippen molar-refractivity contribution in [1.29, 1.82) is 0 Å². The van der Waals surface area contributed by atoms with Gasteiger partial charge in [0.15, 0.2) is 5.76 Å². The lowest BCUT2D eigenvalue weighted by molar-refractivity contribution is 0.0992. The van der Waals surface area contributed by atoms with Gasteiger partial charge in [-0.1, -0.05) is 23.7 Å². The highest BCUT2D eigenvalue weighted by atomic mass is 79.9. The van der Waals surface area contributed by atoms with Crippen LogP contribution in [0, 0.1) is 19.7 Å². The number of anilines is 1. The van der Waals surface area contributed by atoms with Gasteiger partial charge in [0.1, 0.15) is 23.9 Å². The van der Waals surface area contributed by atoms with Crippen LogP contribution in [0.1, 0.15) is 33.3 Å². The lowest BCUT2D eigenvalue weighted by Gasteiger charge is -2.08. The molecule has 33 heavy (non-hydrogen) atoms. The topological polar surface area (TPSA) is 69.3 Å². The van der Waals surface area contributed by atoms with Crippen molar-refractivity contribution in [3.8, 4) is 5.75 Å². The molecule has 1 amide bonds. The van der Waals surface area contributed by atoms with Crippen LogP contribution >= 0.6 is 27.5 Å². The molecule has 0 fully saturated rings. The van der Waals surface area contributed by atoms with E-state index in [1.54, 1.807) is 12.1 Å². The van der Waals surface area contributed by atoms with E-state index in [-0.39, 0.29) is 23.3 Å². The van der Waals surface area contributed by atoms with Crippen molar-refractivity contribution in [1.82, 2.24) is 9.78 Å². The molecule has 170 valence electrons. The SMILES string of the molecule is Cc1nn(Cc2cccc(NC(=O)c3ccc(COc4ccc(F)cc4Cl)o3)c2)c(C)c1Br. The molecule has 6 nitrogen and oxygen atoms in total. The summed E-state index contributed by atoms with van der Waals surface area (Å²) >= 11 is 9.49. The van der Waals surface area contributed by atoms with Crippen molar-refractivity contribution in [2.75, 3.05) is 5.32 Å². The zero-order valence-corrected chi connectivity index (χ0v) is 20.2. The molecule has 4 rings (SSSR count). The molecule has 9 heteroatoms. The van der Waals surface area contributed by atoms with Crippen molar-refractivity contribution in [3.63, 3.8) is 0 Å². The lowest BCUT2D eigenvalue weighted by atomic mass is 10.2. The molecule has 0 bridgehead atoms. The summed E-state index contributed by atoms with van der Waals surface area (Å²) in [6, 6.07) is 14.6. The van der Waals surface area contributed by atoms with E-state index in [4.69, 9.17) is 20.8 Å². The van der Waals surface area contributed by atoms with Crippen LogP contribution in [0.3, 0.4) is 0 Å². The van der Waals surface area contributed by atoms with Crippen molar-refractivity contribution in [2.45, 2.75) is 27.0 Å². The van der Waals surface area contributed by atoms with Crippen LogP contribution in [0.5, 0.6) is 5.75 Å². The molecular weight excluding hydrogens is 513 g/mol. The van der Waals surface area contributed by atoms with Crippen LogP contribution in [0.2, 0.25) is 5.02 Å². The molecule has 0 aliphatic carbocycles. The molecule has 1 N–H and O–H groups in total. The summed E-state index contributed by atoms with van der Waals surface area (Å²) in [5, 5.41) is 7.53. The third-order valence-electron chi connectivity index (χ3n) is 4.96. The van der Waals surface area contributed by atoms with Gasteiger partial charge in [0.05, 0.1) is 27.4 Å². The number of hydrogen-bond acceptors (Lipinski definition) is 4. The first-order valence-corrected chi connectivity index (χ1v) is 11.2. The second-order valence-electron chi connectivity index (χ2n) is 7.43. The Morgan fingerprint density at radius 2 is 2.03 bits per heavy atom. The zero-order chi connectivity index (χ0) is 23.5. The van der Waals surface area contributed by atoms with E-state index in [1.807, 2.05) is 42.8 Å². The van der Waals surface area contributed by atoms with Crippen molar-refractivity contribution in [3.05, 3.63) is 98.4 Å². The fraction of sp³-hybridized carbons (Fsp3) is 0.167. The first kappa shape index (κ1) is 23.1. The molecule has 0 atom stereocenters. The van der Waals surface area contributed by atoms with E-state index in [2.05, 4.69) is 26.3 Å². The maximum absolute atomic E-state index is 13.1. The highest BCUT2D eigenvalue weighted by Gasteiger charge is 2.14. The molecule has 0 saturated heterocycles. The molecule has 0 spiro atoms. The fourth-order valence-corrected chi connectivity index (χ4v) is 3.77. The van der Waals surface area contributed by atoms with Crippen molar-refractivity contribution >= 4 is 39.1 Å². The number of rotatable bonds is 7. The molecule has 0 unspecified atom stereocenters. The predicted molar refractivity (Wildman–Crippen MR) is 127 cm³/mol. The summed E-state index contributed by atoms with van der Waals surface area (Å²) in [6.07, 6.45) is 0. The van der Waals surface area contributed by atoms with Gasteiger partial charge in [0.2, 0.25) is 0 Å². The Morgan fingerprint density at radius 1 is 1.21 bits per heavy atom. The Labute approximate surface area is 203 Å². The summed E-state index contributed by atoms with van der Waals surface area (Å²) in [4.78, 5) is 12.6.